The van der Waals surface area contributed by atoms with Crippen molar-refractivity contribution in [1.82, 2.24) is 14.7 Å². The van der Waals surface area contributed by atoms with Crippen molar-refractivity contribution in [2.24, 2.45) is 7.05 Å². The van der Waals surface area contributed by atoms with Gasteiger partial charge in [-0.3, -0.25) is 19.2 Å². The summed E-state index contributed by atoms with van der Waals surface area (Å²) in [6.07, 6.45) is 1.24. The normalized spacial score (nSPS) is 15.9. The number of anilines is 1. The van der Waals surface area contributed by atoms with Crippen LogP contribution in [0, 0.1) is 13.8 Å². The molecule has 130 valence electrons. The van der Waals surface area contributed by atoms with Crippen LogP contribution >= 0.6 is 11.8 Å². The molecule has 1 fully saturated rings. The predicted molar refractivity (Wildman–Crippen MR) is 90.2 cm³/mol. The average Bonchev–Trinajstić information content (AvgIpc) is 2.95. The molecule has 0 aromatic carbocycles. The first-order valence-electron chi connectivity index (χ1n) is 7.45. The summed E-state index contributed by atoms with van der Waals surface area (Å²) in [5, 5.41) is 7.43. The zero-order valence-corrected chi connectivity index (χ0v) is 14.9. The number of carbonyl (C=O) groups excluding carboxylic acids is 3. The molecular formula is C15H20N4O4S. The molecule has 0 bridgehead atoms. The Morgan fingerprint density at radius 1 is 1.42 bits per heavy atom. The van der Waals surface area contributed by atoms with Crippen molar-refractivity contribution in [2.45, 2.75) is 20.8 Å². The van der Waals surface area contributed by atoms with Crippen LogP contribution in [0.2, 0.25) is 0 Å². The van der Waals surface area contributed by atoms with Gasteiger partial charge in [-0.05, 0) is 20.8 Å². The number of aryl methyl sites for hydroxylation is 2. The van der Waals surface area contributed by atoms with Gasteiger partial charge in [0.25, 0.3) is 0 Å². The Morgan fingerprint density at radius 2 is 2.12 bits per heavy atom. The van der Waals surface area contributed by atoms with E-state index in [1.807, 2.05) is 6.92 Å². The Bertz CT molecular complexity index is 711. The summed E-state index contributed by atoms with van der Waals surface area (Å²) in [5.41, 5.74) is 2.16. The number of carbonyl (C=O) groups is 3. The van der Waals surface area contributed by atoms with Gasteiger partial charge in [0.15, 0.2) is 0 Å². The molecule has 1 N–H and O–H groups in total. The molecule has 2 rings (SSSR count). The molecule has 0 saturated carbocycles. The van der Waals surface area contributed by atoms with Gasteiger partial charge in [-0.1, -0.05) is 11.8 Å². The number of nitrogens with one attached hydrogen (secondary N) is 1. The monoisotopic (exact) mass is 352 g/mol. The molecule has 0 spiro atoms. The lowest BCUT2D eigenvalue weighted by Gasteiger charge is -2.16. The number of nitrogens with zero attached hydrogens (tertiary/aromatic N) is 3. The van der Waals surface area contributed by atoms with E-state index in [1.54, 1.807) is 25.6 Å². The van der Waals surface area contributed by atoms with Crippen molar-refractivity contribution in [1.29, 1.82) is 0 Å². The Morgan fingerprint density at radius 3 is 2.71 bits per heavy atom. The molecule has 1 aliphatic rings. The van der Waals surface area contributed by atoms with E-state index < -0.39 is 5.97 Å². The molecule has 9 heteroatoms. The molecule has 0 unspecified atom stereocenters. The molecule has 8 nitrogen and oxygen atoms in total. The summed E-state index contributed by atoms with van der Waals surface area (Å²) in [4.78, 5) is 37.1. The second kappa shape index (κ2) is 7.52. The molecule has 24 heavy (non-hydrogen) atoms. The first-order chi connectivity index (χ1) is 11.3. The first kappa shape index (κ1) is 18.1. The van der Waals surface area contributed by atoms with E-state index in [0.717, 1.165) is 5.69 Å². The highest BCUT2D eigenvalue weighted by Crippen LogP contribution is 2.28. The van der Waals surface area contributed by atoms with E-state index in [0.29, 0.717) is 16.4 Å². The van der Waals surface area contributed by atoms with Crippen LogP contribution in [0.4, 0.5) is 5.69 Å². The third-order valence-corrected chi connectivity index (χ3v) is 4.54. The van der Waals surface area contributed by atoms with Gasteiger partial charge >= 0.3 is 5.97 Å². The Labute approximate surface area is 144 Å². The Kier molecular flexibility index (Phi) is 5.66. The van der Waals surface area contributed by atoms with Crippen molar-refractivity contribution in [3.05, 3.63) is 22.5 Å². The molecule has 2 heterocycles. The summed E-state index contributed by atoms with van der Waals surface area (Å²) in [6, 6.07) is 0. The topological polar surface area (TPSA) is 93.5 Å². The van der Waals surface area contributed by atoms with E-state index in [9.17, 15) is 14.4 Å². The van der Waals surface area contributed by atoms with Crippen molar-refractivity contribution < 1.29 is 19.1 Å². The number of aromatic nitrogens is 2. The van der Waals surface area contributed by atoms with Gasteiger partial charge in [0, 0.05) is 7.05 Å². The van der Waals surface area contributed by atoms with Crippen LogP contribution in [-0.4, -0.2) is 51.4 Å². The van der Waals surface area contributed by atoms with Crippen LogP contribution in [0.15, 0.2) is 11.1 Å². The zero-order chi connectivity index (χ0) is 17.9. The van der Waals surface area contributed by atoms with Crippen LogP contribution in [0.25, 0.3) is 0 Å². The van der Waals surface area contributed by atoms with Gasteiger partial charge < -0.3 is 10.1 Å². The summed E-state index contributed by atoms with van der Waals surface area (Å²) in [7, 11) is 1.79. The van der Waals surface area contributed by atoms with Crippen LogP contribution in [-0.2, 0) is 26.2 Å². The lowest BCUT2D eigenvalue weighted by molar-refractivity contribution is -0.137. The van der Waals surface area contributed by atoms with Crippen molar-refractivity contribution in [2.75, 3.05) is 24.2 Å². The Hall–Kier alpha value is -2.29. The average molecular weight is 352 g/mol. The number of thioether (sulfide) groups is 1. The standard InChI is InChI=1S/C15H20N4O4S/c1-5-23-14(22)6-13-19(12(21)8-24-13)7-11(20)16-15-9(2)17-18(4)10(15)3/h6H,5,7-8H2,1-4H3,(H,16,20)/b13-6-. The second-order valence-corrected chi connectivity index (χ2v) is 6.22. The van der Waals surface area contributed by atoms with Gasteiger partial charge in [-0.25, -0.2) is 4.79 Å². The van der Waals surface area contributed by atoms with E-state index >= 15 is 0 Å². The van der Waals surface area contributed by atoms with E-state index in [-0.39, 0.29) is 30.7 Å². The maximum absolute atomic E-state index is 12.3. The molecule has 1 aromatic rings. The minimum atomic E-state index is -0.529. The number of rotatable bonds is 5. The highest BCUT2D eigenvalue weighted by atomic mass is 32.2. The molecule has 1 aromatic heterocycles. The fourth-order valence-electron chi connectivity index (χ4n) is 2.26. The van der Waals surface area contributed by atoms with Crippen LogP contribution in [0.1, 0.15) is 18.3 Å². The van der Waals surface area contributed by atoms with Gasteiger partial charge in [-0.15, -0.1) is 0 Å². The highest BCUT2D eigenvalue weighted by molar-refractivity contribution is 8.04. The molecule has 1 saturated heterocycles. The number of ether oxygens (including phenoxy) is 1. The molecule has 0 aliphatic carbocycles. The minimum absolute atomic E-state index is 0.162. The molecule has 0 atom stereocenters. The van der Waals surface area contributed by atoms with E-state index in [4.69, 9.17) is 4.74 Å². The SMILES string of the molecule is CCOC(=O)/C=C1\SCC(=O)N1CC(=O)Nc1c(C)nn(C)c1C. The maximum Gasteiger partial charge on any atom is 0.333 e. The second-order valence-electron chi connectivity index (χ2n) is 5.22. The van der Waals surface area contributed by atoms with E-state index in [1.165, 1.54) is 22.7 Å². The smallest absolute Gasteiger partial charge is 0.333 e. The fourth-order valence-corrected chi connectivity index (χ4v) is 3.19. The number of hydrogen-bond acceptors (Lipinski definition) is 6. The number of hydrogen-bond donors (Lipinski definition) is 1. The van der Waals surface area contributed by atoms with Gasteiger partial charge in [0.05, 0.1) is 40.5 Å². The quantitative estimate of drug-likeness (QED) is 0.626. The molecule has 2 amide bonds. The van der Waals surface area contributed by atoms with Crippen molar-refractivity contribution in [3.63, 3.8) is 0 Å². The summed E-state index contributed by atoms with van der Waals surface area (Å²) in [5.74, 6) is -0.895. The van der Waals surface area contributed by atoms with Gasteiger partial charge in [-0.2, -0.15) is 5.10 Å². The van der Waals surface area contributed by atoms with Crippen LogP contribution in [0.3, 0.4) is 0 Å². The molecule has 1 aliphatic heterocycles. The van der Waals surface area contributed by atoms with Crippen LogP contribution < -0.4 is 5.32 Å². The summed E-state index contributed by atoms with van der Waals surface area (Å²) >= 11 is 1.21. The van der Waals surface area contributed by atoms with Gasteiger partial charge in [0.2, 0.25) is 11.8 Å². The lowest BCUT2D eigenvalue weighted by atomic mass is 10.3. The minimum Gasteiger partial charge on any atom is -0.463 e. The summed E-state index contributed by atoms with van der Waals surface area (Å²) in [6.45, 7) is 5.43. The molecular weight excluding hydrogens is 332 g/mol. The third kappa shape index (κ3) is 3.97. The molecule has 0 radical (unpaired) electrons. The number of amides is 2. The zero-order valence-electron chi connectivity index (χ0n) is 14.1. The third-order valence-electron chi connectivity index (χ3n) is 3.51. The van der Waals surface area contributed by atoms with Crippen molar-refractivity contribution >= 4 is 35.2 Å². The first-order valence-corrected chi connectivity index (χ1v) is 8.43. The van der Waals surface area contributed by atoms with E-state index in [2.05, 4.69) is 10.4 Å². The number of esters is 1. The lowest BCUT2D eigenvalue weighted by Crippen LogP contribution is -2.34. The Balaban J connectivity index is 2.08. The summed E-state index contributed by atoms with van der Waals surface area (Å²) < 4.78 is 6.52. The fraction of sp³-hybridized carbons (Fsp3) is 0.467. The highest BCUT2D eigenvalue weighted by Gasteiger charge is 2.29. The maximum atomic E-state index is 12.3. The van der Waals surface area contributed by atoms with Crippen molar-refractivity contribution in [3.8, 4) is 0 Å². The largest absolute Gasteiger partial charge is 0.463 e. The predicted octanol–water partition coefficient (Wildman–Crippen LogP) is 0.955. The van der Waals surface area contributed by atoms with Gasteiger partial charge in [0.1, 0.15) is 6.54 Å². The van der Waals surface area contributed by atoms with Crippen LogP contribution in [0.5, 0.6) is 0 Å².